The third-order valence-corrected chi connectivity index (χ3v) is 4.01. The Kier molecular flexibility index (Phi) is 6.84. The number of guanidine groups is 1. The Morgan fingerprint density at radius 1 is 1.38 bits per heavy atom. The highest BCUT2D eigenvalue weighted by Gasteiger charge is 2.21. The van der Waals surface area contributed by atoms with E-state index in [1.807, 2.05) is 38.2 Å². The Morgan fingerprint density at radius 2 is 2.12 bits per heavy atom. The highest BCUT2D eigenvalue weighted by atomic mass is 16.5. The molecule has 2 rings (SSSR count). The molecule has 1 atom stereocenters. The lowest BCUT2D eigenvalue weighted by atomic mass is 10.2. The first-order valence-corrected chi connectivity index (χ1v) is 8.42. The van der Waals surface area contributed by atoms with Gasteiger partial charge >= 0.3 is 5.97 Å². The minimum atomic E-state index is -0.238. The number of hydrogen-bond acceptors (Lipinski definition) is 5. The largest absolute Gasteiger partial charge is 0.469 e. The maximum absolute atomic E-state index is 11.5. The molecular formula is C17H27N5O2. The summed E-state index contributed by atoms with van der Waals surface area (Å²) in [4.78, 5) is 25.0. The van der Waals surface area contributed by atoms with Crippen LogP contribution < -0.4 is 10.2 Å². The summed E-state index contributed by atoms with van der Waals surface area (Å²) in [5.41, 5.74) is 0. The number of nitrogens with zero attached hydrogens (tertiary/aromatic N) is 4. The van der Waals surface area contributed by atoms with Gasteiger partial charge < -0.3 is 19.9 Å². The number of aliphatic imine (C=N–C) groups is 1. The summed E-state index contributed by atoms with van der Waals surface area (Å²) >= 11 is 0. The van der Waals surface area contributed by atoms with Crippen molar-refractivity contribution in [1.82, 2.24) is 15.2 Å². The molecule has 1 unspecified atom stereocenters. The van der Waals surface area contributed by atoms with Crippen LogP contribution in [0.4, 0.5) is 5.82 Å². The number of hydrogen-bond donors (Lipinski definition) is 1. The van der Waals surface area contributed by atoms with E-state index in [-0.39, 0.29) is 11.9 Å². The third kappa shape index (κ3) is 4.84. The minimum Gasteiger partial charge on any atom is -0.469 e. The standard InChI is InChI=1S/C17H27N5O2/c1-4-18-17(20-13-14(2)16(23)24-3)22-11-9-21(10-12-22)15-7-5-6-8-19-15/h5-8,14H,4,9-13H2,1-3H3,(H,18,20). The van der Waals surface area contributed by atoms with Gasteiger partial charge in [0, 0.05) is 38.9 Å². The molecule has 1 aliphatic rings. The van der Waals surface area contributed by atoms with Gasteiger partial charge in [0.15, 0.2) is 5.96 Å². The molecular weight excluding hydrogens is 306 g/mol. The van der Waals surface area contributed by atoms with Crippen LogP contribution in [0.5, 0.6) is 0 Å². The summed E-state index contributed by atoms with van der Waals surface area (Å²) in [6, 6.07) is 5.97. The zero-order valence-corrected chi connectivity index (χ0v) is 14.7. The second-order valence-electron chi connectivity index (χ2n) is 5.78. The Morgan fingerprint density at radius 3 is 2.71 bits per heavy atom. The SMILES string of the molecule is CCNC(=NCC(C)C(=O)OC)N1CCN(c2ccccn2)CC1. The average molecular weight is 333 g/mol. The predicted octanol–water partition coefficient (Wildman–Crippen LogP) is 0.978. The normalized spacial score (nSPS) is 16.7. The highest BCUT2D eigenvalue weighted by Crippen LogP contribution is 2.12. The molecule has 0 saturated carbocycles. The van der Waals surface area contributed by atoms with E-state index >= 15 is 0 Å². The number of aromatic nitrogens is 1. The van der Waals surface area contributed by atoms with Gasteiger partial charge in [-0.25, -0.2) is 4.98 Å². The molecule has 0 aromatic carbocycles. The van der Waals surface area contributed by atoms with Crippen LogP contribution in [0.3, 0.4) is 0 Å². The summed E-state index contributed by atoms with van der Waals surface area (Å²) in [6.07, 6.45) is 1.82. The average Bonchev–Trinajstić information content (AvgIpc) is 2.65. The van der Waals surface area contributed by atoms with Gasteiger partial charge in [0.1, 0.15) is 5.82 Å². The number of carbonyl (C=O) groups excluding carboxylic acids is 1. The van der Waals surface area contributed by atoms with Gasteiger partial charge in [-0.15, -0.1) is 0 Å². The van der Waals surface area contributed by atoms with E-state index in [9.17, 15) is 4.79 Å². The van der Waals surface area contributed by atoms with Crippen molar-refractivity contribution in [3.63, 3.8) is 0 Å². The van der Waals surface area contributed by atoms with E-state index in [0.717, 1.165) is 44.5 Å². The molecule has 1 aromatic rings. The van der Waals surface area contributed by atoms with E-state index in [1.165, 1.54) is 7.11 Å². The van der Waals surface area contributed by atoms with Gasteiger partial charge in [0.2, 0.25) is 0 Å². The van der Waals surface area contributed by atoms with Crippen LogP contribution in [0.15, 0.2) is 29.4 Å². The summed E-state index contributed by atoms with van der Waals surface area (Å²) in [6.45, 7) is 8.63. The van der Waals surface area contributed by atoms with Gasteiger partial charge in [-0.05, 0) is 19.1 Å². The fourth-order valence-electron chi connectivity index (χ4n) is 2.61. The molecule has 2 heterocycles. The fraction of sp³-hybridized carbons (Fsp3) is 0.588. The molecule has 132 valence electrons. The van der Waals surface area contributed by atoms with Crippen molar-refractivity contribution >= 4 is 17.7 Å². The van der Waals surface area contributed by atoms with Gasteiger partial charge in [0.25, 0.3) is 0 Å². The van der Waals surface area contributed by atoms with Crippen molar-refractivity contribution in [3.05, 3.63) is 24.4 Å². The first-order valence-electron chi connectivity index (χ1n) is 8.42. The van der Waals surface area contributed by atoms with Crippen LogP contribution in [0.25, 0.3) is 0 Å². The van der Waals surface area contributed by atoms with E-state index in [0.29, 0.717) is 6.54 Å². The smallest absolute Gasteiger partial charge is 0.310 e. The molecule has 7 heteroatoms. The molecule has 1 fully saturated rings. The lowest BCUT2D eigenvalue weighted by Gasteiger charge is -2.37. The van der Waals surface area contributed by atoms with Crippen molar-refractivity contribution in [2.75, 3.05) is 51.3 Å². The Balaban J connectivity index is 1.94. The monoisotopic (exact) mass is 333 g/mol. The summed E-state index contributed by atoms with van der Waals surface area (Å²) in [7, 11) is 1.41. The second-order valence-corrected chi connectivity index (χ2v) is 5.78. The van der Waals surface area contributed by atoms with E-state index in [4.69, 9.17) is 4.74 Å². The molecule has 0 spiro atoms. The van der Waals surface area contributed by atoms with Crippen LogP contribution in [-0.2, 0) is 9.53 Å². The number of esters is 1. The Bertz CT molecular complexity index is 541. The van der Waals surface area contributed by atoms with Gasteiger partial charge in [0.05, 0.1) is 19.6 Å². The quantitative estimate of drug-likeness (QED) is 0.492. The topological polar surface area (TPSA) is 70.1 Å². The molecule has 7 nitrogen and oxygen atoms in total. The molecule has 1 aromatic heterocycles. The maximum atomic E-state index is 11.5. The van der Waals surface area contributed by atoms with E-state index in [2.05, 4.69) is 25.1 Å². The van der Waals surface area contributed by atoms with Crippen LogP contribution >= 0.6 is 0 Å². The summed E-state index contributed by atoms with van der Waals surface area (Å²) in [5.74, 6) is 1.40. The number of rotatable bonds is 5. The van der Waals surface area contributed by atoms with Crippen molar-refractivity contribution < 1.29 is 9.53 Å². The number of anilines is 1. The number of piperazine rings is 1. The molecule has 0 radical (unpaired) electrons. The van der Waals surface area contributed by atoms with Crippen LogP contribution in [-0.4, -0.2) is 68.2 Å². The van der Waals surface area contributed by atoms with Gasteiger partial charge in [-0.3, -0.25) is 9.79 Å². The number of pyridine rings is 1. The van der Waals surface area contributed by atoms with Crippen molar-refractivity contribution in [2.24, 2.45) is 10.9 Å². The first kappa shape index (κ1) is 18.0. The maximum Gasteiger partial charge on any atom is 0.310 e. The zero-order chi connectivity index (χ0) is 17.4. The van der Waals surface area contributed by atoms with Crippen LogP contribution in [0.2, 0.25) is 0 Å². The minimum absolute atomic E-state index is 0.227. The summed E-state index contributed by atoms with van der Waals surface area (Å²) < 4.78 is 4.76. The van der Waals surface area contributed by atoms with Gasteiger partial charge in [-0.2, -0.15) is 0 Å². The molecule has 0 bridgehead atoms. The molecule has 0 aliphatic carbocycles. The Labute approximate surface area is 143 Å². The number of methoxy groups -OCH3 is 1. The molecule has 1 aliphatic heterocycles. The Hall–Kier alpha value is -2.31. The first-order chi connectivity index (χ1) is 11.7. The van der Waals surface area contributed by atoms with Crippen molar-refractivity contribution in [3.8, 4) is 0 Å². The van der Waals surface area contributed by atoms with Crippen LogP contribution in [0, 0.1) is 5.92 Å². The van der Waals surface area contributed by atoms with E-state index in [1.54, 1.807) is 0 Å². The number of carbonyl (C=O) groups is 1. The molecule has 1 saturated heterocycles. The van der Waals surface area contributed by atoms with Crippen molar-refractivity contribution in [1.29, 1.82) is 0 Å². The molecule has 24 heavy (non-hydrogen) atoms. The highest BCUT2D eigenvalue weighted by molar-refractivity contribution is 5.81. The lowest BCUT2D eigenvalue weighted by Crippen LogP contribution is -2.52. The molecule has 1 N–H and O–H groups in total. The number of ether oxygens (including phenoxy) is 1. The van der Waals surface area contributed by atoms with Gasteiger partial charge in [-0.1, -0.05) is 13.0 Å². The number of nitrogens with one attached hydrogen (secondary N) is 1. The molecule has 0 amide bonds. The van der Waals surface area contributed by atoms with Crippen molar-refractivity contribution in [2.45, 2.75) is 13.8 Å². The third-order valence-electron chi connectivity index (χ3n) is 4.01. The predicted molar refractivity (Wildman–Crippen MR) is 95.2 cm³/mol. The van der Waals surface area contributed by atoms with Crippen LogP contribution in [0.1, 0.15) is 13.8 Å². The fourth-order valence-corrected chi connectivity index (χ4v) is 2.61. The lowest BCUT2D eigenvalue weighted by molar-refractivity contribution is -0.144. The second kappa shape index (κ2) is 9.10. The summed E-state index contributed by atoms with van der Waals surface area (Å²) in [5, 5.41) is 3.31. The zero-order valence-electron chi connectivity index (χ0n) is 14.7. The van der Waals surface area contributed by atoms with E-state index < -0.39 is 0 Å².